The molecule has 0 aromatic rings. The summed E-state index contributed by atoms with van der Waals surface area (Å²) in [5.41, 5.74) is 0. The average molecular weight is 205 g/mol. The third kappa shape index (κ3) is 2.91. The van der Waals surface area contributed by atoms with Crippen LogP contribution >= 0.6 is 11.8 Å². The maximum absolute atomic E-state index is 11.7. The van der Waals surface area contributed by atoms with E-state index in [9.17, 15) is 9.18 Å². The van der Waals surface area contributed by atoms with Crippen molar-refractivity contribution >= 4 is 17.7 Å². The molecule has 0 aromatic carbocycles. The first-order chi connectivity index (χ1) is 6.25. The van der Waals surface area contributed by atoms with Gasteiger partial charge in [0, 0.05) is 12.3 Å². The van der Waals surface area contributed by atoms with Gasteiger partial charge in [-0.05, 0) is 6.92 Å². The third-order valence-electron chi connectivity index (χ3n) is 1.55. The van der Waals surface area contributed by atoms with Crippen LogP contribution in [0.2, 0.25) is 0 Å². The number of thioether (sulfide) groups is 1. The van der Waals surface area contributed by atoms with Gasteiger partial charge < -0.3 is 10.1 Å². The van der Waals surface area contributed by atoms with Gasteiger partial charge in [0.25, 0.3) is 5.91 Å². The highest BCUT2D eigenvalue weighted by atomic mass is 32.2. The second kappa shape index (κ2) is 5.11. The monoisotopic (exact) mass is 205 g/mol. The number of hydrogen-bond acceptors (Lipinski definition) is 3. The molecule has 0 unspecified atom stereocenters. The van der Waals surface area contributed by atoms with Crippen LogP contribution in [0.4, 0.5) is 4.39 Å². The Labute approximate surface area is 80.7 Å². The zero-order valence-corrected chi connectivity index (χ0v) is 8.25. The van der Waals surface area contributed by atoms with Gasteiger partial charge in [-0.3, -0.25) is 4.79 Å². The lowest BCUT2D eigenvalue weighted by Gasteiger charge is -2.17. The van der Waals surface area contributed by atoms with Crippen LogP contribution in [0.3, 0.4) is 0 Å². The average Bonchev–Trinajstić information content (AvgIpc) is 2.15. The van der Waals surface area contributed by atoms with Gasteiger partial charge in [0.2, 0.25) is 0 Å². The van der Waals surface area contributed by atoms with Crippen molar-refractivity contribution in [2.45, 2.75) is 6.92 Å². The zero-order valence-electron chi connectivity index (χ0n) is 7.43. The van der Waals surface area contributed by atoms with Crippen LogP contribution in [0.5, 0.6) is 0 Å². The van der Waals surface area contributed by atoms with Crippen molar-refractivity contribution in [3.05, 3.63) is 10.7 Å². The minimum Gasteiger partial charge on any atom is -0.496 e. The molecule has 0 bridgehead atoms. The molecule has 1 aliphatic rings. The number of alkyl halides is 1. The number of allylic oxidation sites excluding steroid dienone is 1. The molecule has 0 radical (unpaired) electrons. The van der Waals surface area contributed by atoms with Crippen molar-refractivity contribution in [2.24, 2.45) is 0 Å². The summed E-state index contributed by atoms with van der Waals surface area (Å²) in [6.45, 7) is 1.91. The highest BCUT2D eigenvalue weighted by molar-refractivity contribution is 8.04. The van der Waals surface area contributed by atoms with Crippen LogP contribution in [0.25, 0.3) is 0 Å². The number of hydrogen-bond donors (Lipinski definition) is 1. The predicted octanol–water partition coefficient (Wildman–Crippen LogP) is 1.07. The number of carbonyl (C=O) groups is 1. The van der Waals surface area contributed by atoms with Crippen molar-refractivity contribution in [3.63, 3.8) is 0 Å². The molecule has 1 rings (SSSR count). The highest BCUT2D eigenvalue weighted by Gasteiger charge is 2.17. The first-order valence-corrected chi connectivity index (χ1v) is 5.05. The van der Waals surface area contributed by atoms with E-state index in [-0.39, 0.29) is 12.5 Å². The Morgan fingerprint density at radius 1 is 1.77 bits per heavy atom. The van der Waals surface area contributed by atoms with Crippen LogP contribution in [0.1, 0.15) is 6.92 Å². The van der Waals surface area contributed by atoms with Crippen molar-refractivity contribution in [3.8, 4) is 0 Å². The van der Waals surface area contributed by atoms with Gasteiger partial charge >= 0.3 is 0 Å². The maximum atomic E-state index is 11.7. The molecule has 74 valence electrons. The molecule has 1 aliphatic heterocycles. The lowest BCUT2D eigenvalue weighted by molar-refractivity contribution is -0.117. The standard InChI is InChI=1S/C8H12FNO2S/c1-6-7(13-5-4-12-6)8(11)10-3-2-9/h2-5H2,1H3,(H,10,11). The zero-order chi connectivity index (χ0) is 9.68. The van der Waals surface area contributed by atoms with Gasteiger partial charge in [-0.2, -0.15) is 0 Å². The summed E-state index contributed by atoms with van der Waals surface area (Å²) in [7, 11) is 0. The Kier molecular flexibility index (Phi) is 4.08. The van der Waals surface area contributed by atoms with Crippen molar-refractivity contribution < 1.29 is 13.9 Å². The Morgan fingerprint density at radius 3 is 3.15 bits per heavy atom. The van der Waals surface area contributed by atoms with Gasteiger partial charge in [0.1, 0.15) is 17.3 Å². The second-order valence-corrected chi connectivity index (χ2v) is 3.63. The highest BCUT2D eigenvalue weighted by Crippen LogP contribution is 2.24. The van der Waals surface area contributed by atoms with E-state index in [1.807, 2.05) is 0 Å². The summed E-state index contributed by atoms with van der Waals surface area (Å²) < 4.78 is 16.9. The number of carbonyl (C=O) groups excluding carboxylic acids is 1. The summed E-state index contributed by atoms with van der Waals surface area (Å²) in [6, 6.07) is 0. The molecule has 3 nitrogen and oxygen atoms in total. The molecule has 0 saturated heterocycles. The van der Waals surface area contributed by atoms with E-state index in [1.54, 1.807) is 6.92 Å². The summed E-state index contributed by atoms with van der Waals surface area (Å²) in [6.07, 6.45) is 0. The molecule has 1 heterocycles. The minimum atomic E-state index is -0.538. The lowest BCUT2D eigenvalue weighted by Crippen LogP contribution is -2.28. The van der Waals surface area contributed by atoms with E-state index in [4.69, 9.17) is 4.74 Å². The molecular weight excluding hydrogens is 193 g/mol. The van der Waals surface area contributed by atoms with Gasteiger partial charge in [-0.1, -0.05) is 0 Å². The quantitative estimate of drug-likeness (QED) is 0.749. The predicted molar refractivity (Wildman–Crippen MR) is 50.1 cm³/mol. The maximum Gasteiger partial charge on any atom is 0.261 e. The number of ether oxygens (including phenoxy) is 1. The van der Waals surface area contributed by atoms with Gasteiger partial charge in [-0.25, -0.2) is 4.39 Å². The Bertz CT molecular complexity index is 230. The smallest absolute Gasteiger partial charge is 0.261 e. The molecule has 0 saturated carbocycles. The summed E-state index contributed by atoms with van der Waals surface area (Å²) in [5.74, 6) is 1.17. The summed E-state index contributed by atoms with van der Waals surface area (Å²) in [4.78, 5) is 11.9. The fourth-order valence-corrected chi connectivity index (χ4v) is 1.81. The lowest BCUT2D eigenvalue weighted by atomic mass is 10.4. The van der Waals surface area contributed by atoms with Crippen LogP contribution in [-0.4, -0.2) is 31.5 Å². The second-order valence-electron chi connectivity index (χ2n) is 2.53. The molecule has 1 amide bonds. The van der Waals surface area contributed by atoms with Crippen LogP contribution in [0, 0.1) is 0 Å². The first kappa shape index (κ1) is 10.4. The topological polar surface area (TPSA) is 38.3 Å². The molecule has 13 heavy (non-hydrogen) atoms. The van der Waals surface area contributed by atoms with Crippen LogP contribution in [0.15, 0.2) is 10.7 Å². The summed E-state index contributed by atoms with van der Waals surface area (Å²) >= 11 is 1.45. The molecular formula is C8H12FNO2S. The van der Waals surface area contributed by atoms with E-state index in [0.717, 1.165) is 5.75 Å². The molecule has 0 atom stereocenters. The Balaban J connectivity index is 2.53. The molecule has 0 aromatic heterocycles. The van der Waals surface area contributed by atoms with E-state index in [2.05, 4.69) is 5.32 Å². The molecule has 0 spiro atoms. The van der Waals surface area contributed by atoms with E-state index in [1.165, 1.54) is 11.8 Å². The molecule has 0 fully saturated rings. The van der Waals surface area contributed by atoms with E-state index < -0.39 is 6.67 Å². The van der Waals surface area contributed by atoms with Crippen molar-refractivity contribution in [1.29, 1.82) is 0 Å². The van der Waals surface area contributed by atoms with Crippen molar-refractivity contribution in [2.75, 3.05) is 25.6 Å². The molecule has 1 N–H and O–H groups in total. The van der Waals surface area contributed by atoms with Gasteiger partial charge in [0.15, 0.2) is 0 Å². The van der Waals surface area contributed by atoms with Crippen molar-refractivity contribution in [1.82, 2.24) is 5.32 Å². The van der Waals surface area contributed by atoms with Gasteiger partial charge in [-0.15, -0.1) is 11.8 Å². The largest absolute Gasteiger partial charge is 0.496 e. The summed E-state index contributed by atoms with van der Waals surface area (Å²) in [5, 5.41) is 2.46. The SMILES string of the molecule is CC1=C(C(=O)NCCF)SCCO1. The fraction of sp³-hybridized carbons (Fsp3) is 0.625. The minimum absolute atomic E-state index is 0.0656. The Hall–Kier alpha value is -0.710. The number of nitrogens with one attached hydrogen (secondary N) is 1. The van der Waals surface area contributed by atoms with Crippen LogP contribution in [-0.2, 0) is 9.53 Å². The van der Waals surface area contributed by atoms with Crippen LogP contribution < -0.4 is 5.32 Å². The molecule has 5 heteroatoms. The van der Waals surface area contributed by atoms with E-state index >= 15 is 0 Å². The van der Waals surface area contributed by atoms with Gasteiger partial charge in [0.05, 0.1) is 6.61 Å². The van der Waals surface area contributed by atoms with E-state index in [0.29, 0.717) is 17.3 Å². The molecule has 0 aliphatic carbocycles. The number of halogens is 1. The Morgan fingerprint density at radius 2 is 2.54 bits per heavy atom. The normalized spacial score (nSPS) is 16.8. The number of amides is 1. The first-order valence-electron chi connectivity index (χ1n) is 4.06. The fourth-order valence-electron chi connectivity index (χ4n) is 0.972. The third-order valence-corrected chi connectivity index (χ3v) is 2.69. The number of rotatable bonds is 3.